The topological polar surface area (TPSA) is 65.7 Å². The van der Waals surface area contributed by atoms with Crippen LogP contribution in [0, 0.1) is 0 Å². The highest BCUT2D eigenvalue weighted by Crippen LogP contribution is 2.31. The minimum absolute atomic E-state index is 0.238. The van der Waals surface area contributed by atoms with E-state index in [0.717, 1.165) is 14.5 Å². The largest absolute Gasteiger partial charge is 0.493 e. The summed E-state index contributed by atoms with van der Waals surface area (Å²) < 4.78 is 14.9. The first-order valence-corrected chi connectivity index (χ1v) is 12.6. The van der Waals surface area contributed by atoms with Crippen LogP contribution in [0.15, 0.2) is 79.5 Å². The van der Waals surface area contributed by atoms with Crippen molar-refractivity contribution in [2.45, 2.75) is 32.8 Å². The molecule has 0 saturated carbocycles. The van der Waals surface area contributed by atoms with Crippen molar-refractivity contribution >= 4 is 49.0 Å². The maximum absolute atomic E-state index is 13.4. The van der Waals surface area contributed by atoms with Gasteiger partial charge in [0.15, 0.2) is 11.5 Å². The predicted octanol–water partition coefficient (Wildman–Crippen LogP) is 6.69. The number of hydrogen-bond donors (Lipinski definition) is 0. The lowest BCUT2D eigenvalue weighted by molar-refractivity contribution is 0.284. The third-order valence-electron chi connectivity index (χ3n) is 5.32. The van der Waals surface area contributed by atoms with E-state index in [1.807, 2.05) is 75.4 Å². The Bertz CT molecular complexity index is 1460. The normalized spacial score (nSPS) is 11.8. The molecule has 4 aromatic rings. The van der Waals surface area contributed by atoms with Crippen LogP contribution in [-0.4, -0.2) is 23.0 Å². The second-order valence-corrected chi connectivity index (χ2v) is 10.8. The number of benzene rings is 3. The number of ether oxygens (including phenoxy) is 2. The first kappa shape index (κ1) is 25.1. The predicted molar refractivity (Wildman–Crippen MR) is 147 cm³/mol. The molecule has 6 nitrogen and oxygen atoms in total. The second-order valence-electron chi connectivity index (χ2n) is 9.00. The van der Waals surface area contributed by atoms with E-state index in [1.54, 1.807) is 19.4 Å². The summed E-state index contributed by atoms with van der Waals surface area (Å²) in [6, 6.07) is 18.9. The molecule has 0 spiro atoms. The molecule has 0 fully saturated rings. The summed E-state index contributed by atoms with van der Waals surface area (Å²) >= 11 is 6.89. The van der Waals surface area contributed by atoms with Crippen LogP contribution in [0.4, 0.5) is 0 Å². The summed E-state index contributed by atoms with van der Waals surface area (Å²) in [5, 5.41) is 5.07. The Morgan fingerprint density at radius 3 is 2.43 bits per heavy atom. The molecule has 0 aliphatic rings. The van der Waals surface area contributed by atoms with E-state index in [2.05, 4.69) is 37.0 Å². The molecule has 0 atom stereocenters. The molecule has 0 bridgehead atoms. The molecule has 180 valence electrons. The Morgan fingerprint density at radius 1 is 1.03 bits per heavy atom. The Kier molecular flexibility index (Phi) is 7.42. The number of halogens is 2. The van der Waals surface area contributed by atoms with Crippen molar-refractivity contribution in [1.29, 1.82) is 0 Å². The quantitative estimate of drug-likeness (QED) is 0.232. The zero-order valence-electron chi connectivity index (χ0n) is 19.9. The molecule has 3 aromatic carbocycles. The Morgan fingerprint density at radius 2 is 1.74 bits per heavy atom. The van der Waals surface area contributed by atoms with Gasteiger partial charge in [-0.15, -0.1) is 0 Å². The zero-order valence-corrected chi connectivity index (χ0v) is 23.1. The van der Waals surface area contributed by atoms with Gasteiger partial charge in [0.05, 0.1) is 24.2 Å². The lowest BCUT2D eigenvalue weighted by Gasteiger charge is -2.21. The summed E-state index contributed by atoms with van der Waals surface area (Å²) in [7, 11) is 1.59. The fourth-order valence-electron chi connectivity index (χ4n) is 3.55. The van der Waals surface area contributed by atoms with Crippen LogP contribution in [0.3, 0.4) is 0 Å². The van der Waals surface area contributed by atoms with Crippen LogP contribution >= 0.6 is 31.9 Å². The van der Waals surface area contributed by atoms with E-state index >= 15 is 0 Å². The van der Waals surface area contributed by atoms with Crippen LogP contribution in [0.25, 0.3) is 10.9 Å². The van der Waals surface area contributed by atoms with E-state index < -0.39 is 5.41 Å². The standard InChI is InChI=1S/C27H25Br2N3O3/c1-27(2,3)26-31-22-13-12-20(29)14-21(22)25(33)32(26)30-15-18-6-5-7-23(34-4)24(18)35-16-17-8-10-19(28)11-9-17/h5-15H,16H2,1-4H3. The highest BCUT2D eigenvalue weighted by atomic mass is 79.9. The third kappa shape index (κ3) is 5.65. The van der Waals surface area contributed by atoms with Gasteiger partial charge in [-0.2, -0.15) is 9.78 Å². The lowest BCUT2D eigenvalue weighted by atomic mass is 9.95. The smallest absolute Gasteiger partial charge is 0.282 e. The number of aromatic nitrogens is 2. The first-order chi connectivity index (χ1) is 16.7. The van der Waals surface area contributed by atoms with Gasteiger partial charge in [0.25, 0.3) is 5.56 Å². The zero-order chi connectivity index (χ0) is 25.2. The molecule has 0 aliphatic heterocycles. The average molecular weight is 599 g/mol. The molecule has 0 unspecified atom stereocenters. The molecular formula is C27H25Br2N3O3. The van der Waals surface area contributed by atoms with Crippen LogP contribution in [0.1, 0.15) is 37.7 Å². The van der Waals surface area contributed by atoms with Crippen LogP contribution < -0.4 is 15.0 Å². The fraction of sp³-hybridized carbons (Fsp3) is 0.222. The van der Waals surface area contributed by atoms with Gasteiger partial charge < -0.3 is 9.47 Å². The SMILES string of the molecule is COc1cccc(C=Nn2c(C(C)(C)C)nc3ccc(Br)cc3c2=O)c1OCc1ccc(Br)cc1. The van der Waals surface area contributed by atoms with Gasteiger partial charge in [0.1, 0.15) is 12.4 Å². The van der Waals surface area contributed by atoms with Gasteiger partial charge >= 0.3 is 0 Å². The maximum atomic E-state index is 13.4. The third-order valence-corrected chi connectivity index (χ3v) is 6.34. The minimum atomic E-state index is -0.410. The summed E-state index contributed by atoms with van der Waals surface area (Å²) in [6.45, 7) is 6.37. The van der Waals surface area contributed by atoms with Crippen molar-refractivity contribution in [2.24, 2.45) is 5.10 Å². The van der Waals surface area contributed by atoms with Crippen molar-refractivity contribution in [3.63, 3.8) is 0 Å². The summed E-state index contributed by atoms with van der Waals surface area (Å²) in [5.41, 5.74) is 1.68. The molecule has 1 aromatic heterocycles. The molecule has 8 heteroatoms. The van der Waals surface area contributed by atoms with E-state index in [0.29, 0.717) is 40.4 Å². The van der Waals surface area contributed by atoms with Crippen LogP contribution in [0.5, 0.6) is 11.5 Å². The van der Waals surface area contributed by atoms with Gasteiger partial charge in [-0.05, 0) is 48.0 Å². The highest BCUT2D eigenvalue weighted by Gasteiger charge is 2.23. The summed E-state index contributed by atoms with van der Waals surface area (Å²) in [6.07, 6.45) is 1.61. The lowest BCUT2D eigenvalue weighted by Crippen LogP contribution is -2.29. The Balaban J connectivity index is 1.78. The molecular weight excluding hydrogens is 574 g/mol. The minimum Gasteiger partial charge on any atom is -0.493 e. The Hall–Kier alpha value is -2.97. The number of rotatable bonds is 6. The molecule has 0 radical (unpaired) electrons. The molecule has 0 N–H and O–H groups in total. The fourth-order valence-corrected chi connectivity index (χ4v) is 4.17. The highest BCUT2D eigenvalue weighted by molar-refractivity contribution is 9.10. The number of methoxy groups -OCH3 is 1. The van der Waals surface area contributed by atoms with Crippen molar-refractivity contribution in [1.82, 2.24) is 9.66 Å². The molecule has 4 rings (SSSR count). The van der Waals surface area contributed by atoms with Crippen molar-refractivity contribution in [2.75, 3.05) is 7.11 Å². The Labute approximate surface area is 220 Å². The molecule has 1 heterocycles. The van der Waals surface area contributed by atoms with Crippen molar-refractivity contribution in [3.05, 3.63) is 96.9 Å². The number of nitrogens with zero attached hydrogens (tertiary/aromatic N) is 3. The average Bonchev–Trinajstić information content (AvgIpc) is 2.82. The van der Waals surface area contributed by atoms with Gasteiger partial charge in [0.2, 0.25) is 0 Å². The maximum Gasteiger partial charge on any atom is 0.282 e. The number of hydrogen-bond acceptors (Lipinski definition) is 5. The van der Waals surface area contributed by atoms with E-state index in [9.17, 15) is 4.79 Å². The molecule has 35 heavy (non-hydrogen) atoms. The summed E-state index contributed by atoms with van der Waals surface area (Å²) in [5.74, 6) is 1.69. The second kappa shape index (κ2) is 10.3. The van der Waals surface area contributed by atoms with Gasteiger partial charge in [-0.1, -0.05) is 70.8 Å². The molecule has 0 aliphatic carbocycles. The molecule has 0 saturated heterocycles. The van der Waals surface area contributed by atoms with E-state index in [4.69, 9.17) is 14.5 Å². The number of fused-ring (bicyclic) bond motifs is 1. The van der Waals surface area contributed by atoms with Crippen molar-refractivity contribution < 1.29 is 9.47 Å². The van der Waals surface area contributed by atoms with E-state index in [-0.39, 0.29) is 5.56 Å². The molecule has 0 amide bonds. The first-order valence-electron chi connectivity index (χ1n) is 11.0. The van der Waals surface area contributed by atoms with Gasteiger partial charge in [-0.3, -0.25) is 4.79 Å². The van der Waals surface area contributed by atoms with Crippen LogP contribution in [0.2, 0.25) is 0 Å². The van der Waals surface area contributed by atoms with Gasteiger partial charge in [-0.25, -0.2) is 4.98 Å². The van der Waals surface area contributed by atoms with Gasteiger partial charge in [0, 0.05) is 19.9 Å². The monoisotopic (exact) mass is 597 g/mol. The number of para-hydroxylation sites is 1. The van der Waals surface area contributed by atoms with Crippen molar-refractivity contribution in [3.8, 4) is 11.5 Å². The van der Waals surface area contributed by atoms with E-state index in [1.165, 1.54) is 4.68 Å². The summed E-state index contributed by atoms with van der Waals surface area (Å²) in [4.78, 5) is 18.2. The van der Waals surface area contributed by atoms with Crippen LogP contribution in [-0.2, 0) is 12.0 Å².